The monoisotopic (exact) mass is 229 g/mol. The molecule has 16 heavy (non-hydrogen) atoms. The Kier molecular flexibility index (Phi) is 5.04. The zero-order valence-electron chi connectivity index (χ0n) is 9.56. The van der Waals surface area contributed by atoms with Crippen molar-refractivity contribution in [2.24, 2.45) is 10.9 Å². The van der Waals surface area contributed by atoms with Crippen LogP contribution in [0.3, 0.4) is 0 Å². The summed E-state index contributed by atoms with van der Waals surface area (Å²) >= 11 is 0. The summed E-state index contributed by atoms with van der Waals surface area (Å²) in [6.45, 7) is 3.28. The number of rotatable bonds is 5. The van der Waals surface area contributed by atoms with Gasteiger partial charge in [0.05, 0.1) is 6.04 Å². The molecule has 0 aromatic carbocycles. The summed E-state index contributed by atoms with van der Waals surface area (Å²) in [6, 6.07) is -0.275. The standard InChI is InChI=1S/C10H19N3O3/c1-2-6-16-7-9(14)13-5-3-4-8(13)10(11)12-15/h8,15H,2-7H2,1H3,(H2,11,12). The molecule has 1 aliphatic heterocycles. The van der Waals surface area contributed by atoms with Crippen molar-refractivity contribution < 1.29 is 14.7 Å². The molecule has 1 fully saturated rings. The Balaban J connectivity index is 2.48. The molecule has 1 amide bonds. The SMILES string of the molecule is CCCOCC(=O)N1CCCC1C(N)=NO. The first-order chi connectivity index (χ1) is 7.70. The van der Waals surface area contributed by atoms with Crippen LogP contribution in [0.1, 0.15) is 26.2 Å². The van der Waals surface area contributed by atoms with Gasteiger partial charge >= 0.3 is 0 Å². The molecule has 0 aliphatic carbocycles. The number of hydrogen-bond donors (Lipinski definition) is 2. The molecule has 1 heterocycles. The van der Waals surface area contributed by atoms with E-state index in [-0.39, 0.29) is 24.4 Å². The fourth-order valence-corrected chi connectivity index (χ4v) is 1.83. The molecule has 0 aromatic rings. The first-order valence-corrected chi connectivity index (χ1v) is 5.55. The van der Waals surface area contributed by atoms with Crippen molar-refractivity contribution in [3.63, 3.8) is 0 Å². The van der Waals surface area contributed by atoms with Gasteiger partial charge in [-0.05, 0) is 19.3 Å². The van der Waals surface area contributed by atoms with Crippen LogP contribution >= 0.6 is 0 Å². The van der Waals surface area contributed by atoms with E-state index >= 15 is 0 Å². The minimum atomic E-state index is -0.275. The van der Waals surface area contributed by atoms with E-state index in [9.17, 15) is 4.79 Å². The number of nitrogens with zero attached hydrogens (tertiary/aromatic N) is 2. The Morgan fingerprint density at radius 3 is 3.06 bits per heavy atom. The van der Waals surface area contributed by atoms with Crippen LogP contribution in [-0.2, 0) is 9.53 Å². The summed E-state index contributed by atoms with van der Waals surface area (Å²) in [7, 11) is 0. The van der Waals surface area contributed by atoms with E-state index in [2.05, 4.69) is 5.16 Å². The molecule has 0 spiro atoms. The minimum absolute atomic E-state index is 0.0725. The molecule has 0 aromatic heterocycles. The molecule has 6 heteroatoms. The maximum absolute atomic E-state index is 11.8. The molecule has 1 saturated heterocycles. The Hall–Kier alpha value is -1.30. The molecule has 3 N–H and O–H groups in total. The molecule has 1 atom stereocenters. The van der Waals surface area contributed by atoms with Gasteiger partial charge in [0, 0.05) is 13.2 Å². The maximum Gasteiger partial charge on any atom is 0.249 e. The van der Waals surface area contributed by atoms with Gasteiger partial charge in [-0.15, -0.1) is 0 Å². The average Bonchev–Trinajstić information content (AvgIpc) is 2.77. The number of oxime groups is 1. The van der Waals surface area contributed by atoms with E-state index in [0.717, 1.165) is 19.3 Å². The van der Waals surface area contributed by atoms with Gasteiger partial charge < -0.3 is 20.6 Å². The molecule has 0 radical (unpaired) electrons. The zero-order chi connectivity index (χ0) is 12.0. The lowest BCUT2D eigenvalue weighted by atomic mass is 10.2. The quantitative estimate of drug-likeness (QED) is 0.231. The number of amides is 1. The van der Waals surface area contributed by atoms with Crippen molar-refractivity contribution in [2.45, 2.75) is 32.2 Å². The lowest BCUT2D eigenvalue weighted by Crippen LogP contribution is -2.45. The van der Waals surface area contributed by atoms with E-state index < -0.39 is 0 Å². The Labute approximate surface area is 95.0 Å². The Morgan fingerprint density at radius 2 is 2.44 bits per heavy atom. The molecule has 6 nitrogen and oxygen atoms in total. The molecule has 0 saturated carbocycles. The number of likely N-dealkylation sites (tertiary alicyclic amines) is 1. The summed E-state index contributed by atoms with van der Waals surface area (Å²) in [6.07, 6.45) is 2.51. The third-order valence-electron chi connectivity index (χ3n) is 2.60. The van der Waals surface area contributed by atoms with Crippen LogP contribution < -0.4 is 5.73 Å². The number of ether oxygens (including phenoxy) is 1. The second kappa shape index (κ2) is 6.32. The highest BCUT2D eigenvalue weighted by atomic mass is 16.5. The van der Waals surface area contributed by atoms with Crippen molar-refractivity contribution >= 4 is 11.7 Å². The second-order valence-electron chi connectivity index (χ2n) is 3.82. The number of carbonyl (C=O) groups is 1. The highest BCUT2D eigenvalue weighted by molar-refractivity contribution is 5.90. The van der Waals surface area contributed by atoms with Crippen molar-refractivity contribution in [3.8, 4) is 0 Å². The van der Waals surface area contributed by atoms with E-state index in [1.807, 2.05) is 6.92 Å². The maximum atomic E-state index is 11.8. The molecule has 1 aliphatic rings. The van der Waals surface area contributed by atoms with Crippen molar-refractivity contribution in [1.82, 2.24) is 4.90 Å². The summed E-state index contributed by atoms with van der Waals surface area (Å²) in [5, 5.41) is 11.6. The predicted octanol–water partition coefficient (Wildman–Crippen LogP) is 0.150. The van der Waals surface area contributed by atoms with Gasteiger partial charge in [0.25, 0.3) is 0 Å². The zero-order valence-corrected chi connectivity index (χ0v) is 9.56. The largest absolute Gasteiger partial charge is 0.409 e. The van der Waals surface area contributed by atoms with E-state index in [1.54, 1.807) is 4.90 Å². The van der Waals surface area contributed by atoms with Crippen LogP contribution in [0.15, 0.2) is 5.16 Å². The van der Waals surface area contributed by atoms with Gasteiger partial charge in [0.1, 0.15) is 6.61 Å². The van der Waals surface area contributed by atoms with E-state index in [4.69, 9.17) is 15.7 Å². The van der Waals surface area contributed by atoms with Gasteiger partial charge in [-0.3, -0.25) is 4.79 Å². The third kappa shape index (κ3) is 3.10. The van der Waals surface area contributed by atoms with Gasteiger partial charge in [-0.25, -0.2) is 0 Å². The lowest BCUT2D eigenvalue weighted by molar-refractivity contribution is -0.135. The third-order valence-corrected chi connectivity index (χ3v) is 2.60. The van der Waals surface area contributed by atoms with E-state index in [1.165, 1.54) is 0 Å². The van der Waals surface area contributed by atoms with Crippen molar-refractivity contribution in [1.29, 1.82) is 0 Å². The fourth-order valence-electron chi connectivity index (χ4n) is 1.83. The number of hydrogen-bond acceptors (Lipinski definition) is 4. The summed E-state index contributed by atoms with van der Waals surface area (Å²) in [4.78, 5) is 13.4. The van der Waals surface area contributed by atoms with Gasteiger partial charge in [0.2, 0.25) is 5.91 Å². The first-order valence-electron chi connectivity index (χ1n) is 5.55. The highest BCUT2D eigenvalue weighted by Gasteiger charge is 2.31. The van der Waals surface area contributed by atoms with Gasteiger partial charge in [-0.1, -0.05) is 12.1 Å². The molecular weight excluding hydrogens is 210 g/mol. The topological polar surface area (TPSA) is 88.2 Å². The average molecular weight is 229 g/mol. The van der Waals surface area contributed by atoms with Gasteiger partial charge in [0.15, 0.2) is 5.84 Å². The molecule has 0 bridgehead atoms. The highest BCUT2D eigenvalue weighted by Crippen LogP contribution is 2.17. The van der Waals surface area contributed by atoms with Crippen LogP contribution in [0.4, 0.5) is 0 Å². The number of amidine groups is 1. The normalized spacial score (nSPS) is 21.4. The Bertz CT molecular complexity index is 268. The first kappa shape index (κ1) is 12.8. The molecule has 1 rings (SSSR count). The Morgan fingerprint density at radius 1 is 1.69 bits per heavy atom. The van der Waals surface area contributed by atoms with Crippen LogP contribution in [-0.4, -0.2) is 47.7 Å². The summed E-state index contributed by atoms with van der Waals surface area (Å²) in [5.41, 5.74) is 5.53. The molecule has 92 valence electrons. The predicted molar refractivity (Wildman–Crippen MR) is 59.3 cm³/mol. The van der Waals surface area contributed by atoms with Crippen molar-refractivity contribution in [2.75, 3.05) is 19.8 Å². The van der Waals surface area contributed by atoms with Crippen LogP contribution in [0.25, 0.3) is 0 Å². The molecule has 1 unspecified atom stereocenters. The van der Waals surface area contributed by atoms with Crippen LogP contribution in [0.5, 0.6) is 0 Å². The lowest BCUT2D eigenvalue weighted by Gasteiger charge is -2.23. The van der Waals surface area contributed by atoms with Gasteiger partial charge in [-0.2, -0.15) is 0 Å². The van der Waals surface area contributed by atoms with Crippen LogP contribution in [0, 0.1) is 0 Å². The summed E-state index contributed by atoms with van der Waals surface area (Å²) < 4.78 is 5.18. The van der Waals surface area contributed by atoms with Crippen LogP contribution in [0.2, 0.25) is 0 Å². The minimum Gasteiger partial charge on any atom is -0.409 e. The number of nitrogens with two attached hydrogens (primary N) is 1. The second-order valence-corrected chi connectivity index (χ2v) is 3.82. The smallest absolute Gasteiger partial charge is 0.249 e. The molecular formula is C10H19N3O3. The number of carbonyl (C=O) groups excluding carboxylic acids is 1. The van der Waals surface area contributed by atoms with Crippen molar-refractivity contribution in [3.05, 3.63) is 0 Å². The fraction of sp³-hybridized carbons (Fsp3) is 0.800. The summed E-state index contributed by atoms with van der Waals surface area (Å²) in [5.74, 6) is 0.00360. The van der Waals surface area contributed by atoms with E-state index in [0.29, 0.717) is 13.2 Å².